The van der Waals surface area contributed by atoms with Crippen molar-refractivity contribution in [2.24, 2.45) is 17.8 Å². The SMILES string of the molecule is CCN(C)[C@H]1CCN(C(=O)c2nc(C3NNC4C(C)CC(C)CC34)sc2-c2cccnc2)C1. The highest BCUT2D eigenvalue weighted by Crippen LogP contribution is 2.45. The lowest BCUT2D eigenvalue weighted by Crippen LogP contribution is -2.40. The average Bonchev–Trinajstić information content (AvgIpc) is 3.56. The number of rotatable bonds is 5. The summed E-state index contributed by atoms with van der Waals surface area (Å²) in [5, 5.41) is 1.01. The Labute approximate surface area is 201 Å². The van der Waals surface area contributed by atoms with Crippen LogP contribution in [0.4, 0.5) is 0 Å². The normalized spacial score (nSPS) is 31.8. The first kappa shape index (κ1) is 22.9. The number of carbonyl (C=O) groups excluding carboxylic acids is 1. The van der Waals surface area contributed by atoms with E-state index in [-0.39, 0.29) is 11.9 Å². The molecule has 2 aromatic heterocycles. The van der Waals surface area contributed by atoms with Crippen LogP contribution in [0, 0.1) is 17.8 Å². The Morgan fingerprint density at radius 3 is 2.91 bits per heavy atom. The Balaban J connectivity index is 1.46. The van der Waals surface area contributed by atoms with Gasteiger partial charge in [-0.15, -0.1) is 11.3 Å². The molecule has 6 atom stereocenters. The Morgan fingerprint density at radius 1 is 1.30 bits per heavy atom. The molecule has 4 heterocycles. The summed E-state index contributed by atoms with van der Waals surface area (Å²) in [5.41, 5.74) is 8.66. The van der Waals surface area contributed by atoms with Crippen molar-refractivity contribution in [3.8, 4) is 10.4 Å². The molecule has 0 aromatic carbocycles. The third-order valence-corrected chi connectivity index (χ3v) is 9.15. The minimum atomic E-state index is 0.0521. The Hall–Kier alpha value is -1.87. The predicted octanol–water partition coefficient (Wildman–Crippen LogP) is 3.57. The molecule has 0 spiro atoms. The first-order valence-corrected chi connectivity index (χ1v) is 13.2. The molecule has 8 heteroatoms. The van der Waals surface area contributed by atoms with Gasteiger partial charge in [-0.3, -0.25) is 15.2 Å². The lowest BCUT2D eigenvalue weighted by Gasteiger charge is -2.35. The van der Waals surface area contributed by atoms with Gasteiger partial charge in [-0.05, 0) is 56.7 Å². The van der Waals surface area contributed by atoms with Gasteiger partial charge in [0.1, 0.15) is 10.7 Å². The number of thiazole rings is 1. The van der Waals surface area contributed by atoms with Crippen molar-refractivity contribution in [1.29, 1.82) is 0 Å². The number of amides is 1. The van der Waals surface area contributed by atoms with Crippen LogP contribution < -0.4 is 10.9 Å². The van der Waals surface area contributed by atoms with Crippen molar-refractivity contribution >= 4 is 17.2 Å². The van der Waals surface area contributed by atoms with Gasteiger partial charge in [0, 0.05) is 43.1 Å². The fourth-order valence-corrected chi connectivity index (χ4v) is 7.22. The van der Waals surface area contributed by atoms with Crippen LogP contribution in [0.5, 0.6) is 0 Å². The monoisotopic (exact) mass is 468 g/mol. The Kier molecular flexibility index (Phi) is 6.53. The number of likely N-dealkylation sites (tertiary alicyclic amines) is 1. The van der Waals surface area contributed by atoms with E-state index < -0.39 is 0 Å². The van der Waals surface area contributed by atoms with E-state index in [1.165, 1.54) is 12.8 Å². The van der Waals surface area contributed by atoms with Crippen LogP contribution in [0.3, 0.4) is 0 Å². The number of hydrogen-bond acceptors (Lipinski definition) is 7. The summed E-state index contributed by atoms with van der Waals surface area (Å²) < 4.78 is 0. The number of fused-ring (bicyclic) bond motifs is 1. The molecule has 178 valence electrons. The third kappa shape index (κ3) is 4.34. The summed E-state index contributed by atoms with van der Waals surface area (Å²) in [7, 11) is 2.14. The number of carbonyl (C=O) groups is 1. The number of pyridine rings is 1. The fraction of sp³-hybridized carbons (Fsp3) is 0.640. The predicted molar refractivity (Wildman–Crippen MR) is 132 cm³/mol. The lowest BCUT2D eigenvalue weighted by atomic mass is 9.71. The van der Waals surface area contributed by atoms with E-state index in [9.17, 15) is 4.79 Å². The van der Waals surface area contributed by atoms with Crippen molar-refractivity contribution in [3.63, 3.8) is 0 Å². The van der Waals surface area contributed by atoms with Crippen LogP contribution >= 0.6 is 11.3 Å². The quantitative estimate of drug-likeness (QED) is 0.699. The molecule has 0 radical (unpaired) electrons. The van der Waals surface area contributed by atoms with E-state index in [2.05, 4.69) is 48.6 Å². The van der Waals surface area contributed by atoms with Crippen LogP contribution in [0.1, 0.15) is 61.6 Å². The van der Waals surface area contributed by atoms with E-state index in [1.807, 2.05) is 23.2 Å². The summed E-state index contributed by atoms with van der Waals surface area (Å²) >= 11 is 1.66. The zero-order valence-electron chi connectivity index (χ0n) is 20.1. The van der Waals surface area contributed by atoms with E-state index in [4.69, 9.17) is 4.98 Å². The van der Waals surface area contributed by atoms with Gasteiger partial charge in [0.05, 0.1) is 10.9 Å². The molecule has 33 heavy (non-hydrogen) atoms. The summed E-state index contributed by atoms with van der Waals surface area (Å²) in [6.45, 7) is 9.42. The van der Waals surface area contributed by atoms with Gasteiger partial charge in [0.2, 0.25) is 0 Å². The standard InChI is InChI=1S/C25H36N6OS/c1-5-30(4)18-8-10-31(14-18)25(32)22-23(17-7-6-9-26-13-17)33-24(27-22)21-19-12-15(2)11-16(3)20(19)28-29-21/h6-7,9,13,15-16,18-21,28-29H,5,8,10-12,14H2,1-4H3/t15?,16?,18-,19?,20?,21?/m0/s1. The number of hydrogen-bond donors (Lipinski definition) is 2. The molecule has 3 fully saturated rings. The number of aromatic nitrogens is 2. The van der Waals surface area contributed by atoms with E-state index >= 15 is 0 Å². The molecule has 5 rings (SSSR count). The second-order valence-electron chi connectivity index (χ2n) is 10.2. The molecule has 1 saturated carbocycles. The highest BCUT2D eigenvalue weighted by Gasteiger charge is 2.45. The first-order chi connectivity index (χ1) is 16.0. The molecular weight excluding hydrogens is 432 g/mol. The van der Waals surface area contributed by atoms with Gasteiger partial charge >= 0.3 is 0 Å². The highest BCUT2D eigenvalue weighted by atomic mass is 32.1. The average molecular weight is 469 g/mol. The molecule has 0 bridgehead atoms. The molecule has 1 aliphatic carbocycles. The van der Waals surface area contributed by atoms with Crippen LogP contribution in [-0.4, -0.2) is 64.4 Å². The number of hydrazine groups is 1. The zero-order chi connectivity index (χ0) is 23.1. The Morgan fingerprint density at radius 2 is 2.15 bits per heavy atom. The van der Waals surface area contributed by atoms with Gasteiger partial charge in [-0.1, -0.05) is 26.8 Å². The maximum atomic E-state index is 13.7. The molecule has 2 aliphatic heterocycles. The van der Waals surface area contributed by atoms with Gasteiger partial charge in [-0.25, -0.2) is 10.4 Å². The molecule has 2 saturated heterocycles. The van der Waals surface area contributed by atoms with Crippen LogP contribution in [-0.2, 0) is 0 Å². The van der Waals surface area contributed by atoms with Crippen LogP contribution in [0.2, 0.25) is 0 Å². The van der Waals surface area contributed by atoms with Crippen molar-refractivity contribution in [3.05, 3.63) is 35.2 Å². The largest absolute Gasteiger partial charge is 0.336 e. The Bertz CT molecular complexity index is 981. The summed E-state index contributed by atoms with van der Waals surface area (Å²) in [4.78, 5) is 28.3. The van der Waals surface area contributed by atoms with Gasteiger partial charge in [0.15, 0.2) is 0 Å². The van der Waals surface area contributed by atoms with Crippen molar-refractivity contribution in [1.82, 2.24) is 30.6 Å². The summed E-state index contributed by atoms with van der Waals surface area (Å²) in [5.74, 6) is 1.89. The molecule has 2 N–H and O–H groups in total. The van der Waals surface area contributed by atoms with Crippen molar-refractivity contribution < 1.29 is 4.79 Å². The molecule has 3 aliphatic rings. The van der Waals surface area contributed by atoms with Crippen LogP contribution in [0.25, 0.3) is 10.4 Å². The first-order valence-electron chi connectivity index (χ1n) is 12.4. The second-order valence-corrected chi connectivity index (χ2v) is 11.3. The van der Waals surface area contributed by atoms with Gasteiger partial charge < -0.3 is 9.80 Å². The minimum Gasteiger partial charge on any atom is -0.336 e. The second kappa shape index (κ2) is 9.41. The number of nitrogens with one attached hydrogen (secondary N) is 2. The van der Waals surface area contributed by atoms with Gasteiger partial charge in [0.25, 0.3) is 5.91 Å². The summed E-state index contributed by atoms with van der Waals surface area (Å²) in [6.07, 6.45) is 7.08. The van der Waals surface area contributed by atoms with Crippen LogP contribution in [0.15, 0.2) is 24.5 Å². The highest BCUT2D eigenvalue weighted by molar-refractivity contribution is 7.15. The van der Waals surface area contributed by atoms with E-state index in [0.29, 0.717) is 35.5 Å². The molecule has 2 aromatic rings. The molecule has 7 nitrogen and oxygen atoms in total. The van der Waals surface area contributed by atoms with Gasteiger partial charge in [-0.2, -0.15) is 0 Å². The van der Waals surface area contributed by atoms with E-state index in [0.717, 1.165) is 41.5 Å². The fourth-order valence-electron chi connectivity index (χ4n) is 6.04. The maximum absolute atomic E-state index is 13.7. The number of likely N-dealkylation sites (N-methyl/N-ethyl adjacent to an activating group) is 1. The lowest BCUT2D eigenvalue weighted by molar-refractivity contribution is 0.0776. The third-order valence-electron chi connectivity index (χ3n) is 7.97. The summed E-state index contributed by atoms with van der Waals surface area (Å²) in [6, 6.07) is 4.98. The van der Waals surface area contributed by atoms with Crippen molar-refractivity contribution in [2.75, 3.05) is 26.7 Å². The maximum Gasteiger partial charge on any atom is 0.274 e. The minimum absolute atomic E-state index is 0.0521. The molecule has 1 amide bonds. The van der Waals surface area contributed by atoms with Crippen molar-refractivity contribution in [2.45, 2.75) is 58.2 Å². The molecular formula is C25H36N6OS. The smallest absolute Gasteiger partial charge is 0.274 e. The molecule has 5 unspecified atom stereocenters. The zero-order valence-corrected chi connectivity index (χ0v) is 20.9. The number of nitrogens with zero attached hydrogens (tertiary/aromatic N) is 4. The van der Waals surface area contributed by atoms with E-state index in [1.54, 1.807) is 17.5 Å². The topological polar surface area (TPSA) is 73.4 Å².